The van der Waals surface area contributed by atoms with Gasteiger partial charge >= 0.3 is 0 Å². The number of fused-ring (bicyclic) bond motifs is 4. The van der Waals surface area contributed by atoms with Crippen LogP contribution in [0.5, 0.6) is 0 Å². The van der Waals surface area contributed by atoms with Gasteiger partial charge in [-0.1, -0.05) is 164 Å². The van der Waals surface area contributed by atoms with Crippen molar-refractivity contribution in [1.29, 1.82) is 0 Å². The average Bonchev–Trinajstić information content (AvgIpc) is 3.60. The van der Waals surface area contributed by atoms with Gasteiger partial charge in [-0.05, 0) is 93.2 Å². The lowest BCUT2D eigenvalue weighted by atomic mass is 10.0. The molecule has 0 N–H and O–H groups in total. The molecule has 2 heteroatoms. The molecule has 0 radical (unpaired) electrons. The van der Waals surface area contributed by atoms with E-state index in [1.165, 1.54) is 66.0 Å². The molecule has 0 aliphatic heterocycles. The molecule has 0 amide bonds. The van der Waals surface area contributed by atoms with E-state index in [1.54, 1.807) is 0 Å². The van der Waals surface area contributed by atoms with Gasteiger partial charge in [-0.2, -0.15) is 0 Å². The number of anilines is 3. The maximum Gasteiger partial charge on any atom is 0.0619 e. The Morgan fingerprint density at radius 2 is 0.870 bits per heavy atom. The zero-order chi connectivity index (χ0) is 35.8. The molecular formula is C52H36N2. The van der Waals surface area contributed by atoms with E-state index in [4.69, 9.17) is 0 Å². The van der Waals surface area contributed by atoms with Crippen molar-refractivity contribution in [3.8, 4) is 39.1 Å². The molecule has 1 aromatic heterocycles. The van der Waals surface area contributed by atoms with Crippen LogP contribution in [-0.4, -0.2) is 4.57 Å². The largest absolute Gasteiger partial charge is 0.310 e. The van der Waals surface area contributed by atoms with Crippen LogP contribution in [0.25, 0.3) is 71.6 Å². The van der Waals surface area contributed by atoms with Crippen LogP contribution in [0.15, 0.2) is 218 Å². The van der Waals surface area contributed by atoms with E-state index in [9.17, 15) is 0 Å². The number of benzene rings is 9. The van der Waals surface area contributed by atoms with Gasteiger partial charge in [0, 0.05) is 39.1 Å². The Morgan fingerprint density at radius 3 is 1.61 bits per heavy atom. The molecule has 0 saturated heterocycles. The summed E-state index contributed by atoms with van der Waals surface area (Å²) in [5.41, 5.74) is 14.0. The molecule has 0 atom stereocenters. The number of aromatic nitrogens is 1. The molecule has 9 aromatic carbocycles. The lowest BCUT2D eigenvalue weighted by Gasteiger charge is -2.27. The summed E-state index contributed by atoms with van der Waals surface area (Å²) in [5, 5.41) is 4.99. The molecular weight excluding hydrogens is 653 g/mol. The predicted octanol–water partition coefficient (Wildman–Crippen LogP) is 14.4. The summed E-state index contributed by atoms with van der Waals surface area (Å²) in [6, 6.07) is 78.9. The highest BCUT2D eigenvalue weighted by atomic mass is 15.1. The third-order valence-electron chi connectivity index (χ3n) is 10.6. The number of hydrogen-bond acceptors (Lipinski definition) is 1. The van der Waals surface area contributed by atoms with Crippen molar-refractivity contribution in [2.75, 3.05) is 4.90 Å². The first-order valence-electron chi connectivity index (χ1n) is 18.5. The molecule has 10 rings (SSSR count). The lowest BCUT2D eigenvalue weighted by molar-refractivity contribution is 1.17. The average molecular weight is 689 g/mol. The van der Waals surface area contributed by atoms with Crippen LogP contribution in [0.2, 0.25) is 0 Å². The normalized spacial score (nSPS) is 11.3. The molecule has 0 spiro atoms. The second-order valence-corrected chi connectivity index (χ2v) is 13.8. The van der Waals surface area contributed by atoms with Crippen LogP contribution >= 0.6 is 0 Å². The van der Waals surface area contributed by atoms with Gasteiger partial charge in [0.15, 0.2) is 0 Å². The highest BCUT2D eigenvalue weighted by Crippen LogP contribution is 2.41. The van der Waals surface area contributed by atoms with Gasteiger partial charge in [0.1, 0.15) is 0 Å². The Balaban J connectivity index is 1.13. The van der Waals surface area contributed by atoms with Crippen LogP contribution in [0.4, 0.5) is 17.1 Å². The third kappa shape index (κ3) is 5.62. The van der Waals surface area contributed by atoms with E-state index in [2.05, 4.69) is 228 Å². The molecule has 0 fully saturated rings. The molecule has 2 nitrogen and oxygen atoms in total. The van der Waals surface area contributed by atoms with Gasteiger partial charge in [-0.15, -0.1) is 0 Å². The van der Waals surface area contributed by atoms with Crippen LogP contribution < -0.4 is 4.90 Å². The SMILES string of the molecule is c1ccc(-c2ccc(N(c3ccc(-c4ccc5ccccc5c4)cc3)c3cccc(-n4c5ccccc5c5cccc(-c6ccccc6)c54)c3)cc2)cc1. The predicted molar refractivity (Wildman–Crippen MR) is 229 cm³/mol. The molecule has 1 heterocycles. The van der Waals surface area contributed by atoms with E-state index in [1.807, 2.05) is 0 Å². The van der Waals surface area contributed by atoms with Gasteiger partial charge in [-0.25, -0.2) is 0 Å². The summed E-state index contributed by atoms with van der Waals surface area (Å²) in [6.07, 6.45) is 0. The minimum atomic E-state index is 1.08. The Hall–Kier alpha value is -7.16. The maximum absolute atomic E-state index is 2.44. The van der Waals surface area contributed by atoms with Crippen molar-refractivity contribution < 1.29 is 0 Å². The Labute approximate surface area is 315 Å². The van der Waals surface area contributed by atoms with Gasteiger partial charge in [-0.3, -0.25) is 0 Å². The molecule has 0 aliphatic carbocycles. The molecule has 54 heavy (non-hydrogen) atoms. The summed E-state index contributed by atoms with van der Waals surface area (Å²) in [6.45, 7) is 0. The third-order valence-corrected chi connectivity index (χ3v) is 10.6. The standard InChI is InChI=1S/C52H36N2/c1-3-13-37(14-4-1)39-27-31-44(32-28-39)53(45-33-29-40(30-34-45)43-26-25-38-15-7-8-18-42(38)35-43)46-19-11-20-47(36-46)54-51-24-10-9-21-49(51)50-23-12-22-48(52(50)54)41-16-5-2-6-17-41/h1-36H. The summed E-state index contributed by atoms with van der Waals surface area (Å²) >= 11 is 0. The maximum atomic E-state index is 2.44. The van der Waals surface area contributed by atoms with Gasteiger partial charge < -0.3 is 9.47 Å². The van der Waals surface area contributed by atoms with Gasteiger partial charge in [0.2, 0.25) is 0 Å². The summed E-state index contributed by atoms with van der Waals surface area (Å²) < 4.78 is 2.44. The first-order chi connectivity index (χ1) is 26.8. The molecule has 0 aliphatic rings. The van der Waals surface area contributed by atoms with Crippen molar-refractivity contribution in [2.45, 2.75) is 0 Å². The quantitative estimate of drug-likeness (QED) is 0.162. The van der Waals surface area contributed by atoms with Crippen molar-refractivity contribution in [1.82, 2.24) is 4.57 Å². The van der Waals surface area contributed by atoms with Crippen LogP contribution in [0, 0.1) is 0 Å². The van der Waals surface area contributed by atoms with E-state index in [0.29, 0.717) is 0 Å². The number of rotatable bonds is 7. The number of para-hydroxylation sites is 2. The van der Waals surface area contributed by atoms with Crippen LogP contribution in [0.1, 0.15) is 0 Å². The van der Waals surface area contributed by atoms with Crippen LogP contribution in [-0.2, 0) is 0 Å². The zero-order valence-corrected chi connectivity index (χ0v) is 29.7. The van der Waals surface area contributed by atoms with Gasteiger partial charge in [0.25, 0.3) is 0 Å². The highest BCUT2D eigenvalue weighted by molar-refractivity contribution is 6.13. The van der Waals surface area contributed by atoms with Crippen molar-refractivity contribution >= 4 is 49.6 Å². The molecule has 10 aromatic rings. The van der Waals surface area contributed by atoms with Crippen molar-refractivity contribution in [3.05, 3.63) is 218 Å². The first-order valence-corrected chi connectivity index (χ1v) is 18.5. The number of hydrogen-bond donors (Lipinski definition) is 0. The Bertz CT molecular complexity index is 2910. The number of nitrogens with zero attached hydrogens (tertiary/aromatic N) is 2. The lowest BCUT2D eigenvalue weighted by Crippen LogP contribution is -2.10. The van der Waals surface area contributed by atoms with Crippen LogP contribution in [0.3, 0.4) is 0 Å². The minimum Gasteiger partial charge on any atom is -0.310 e. The Kier molecular flexibility index (Phi) is 7.85. The van der Waals surface area contributed by atoms with Crippen molar-refractivity contribution in [2.24, 2.45) is 0 Å². The molecule has 0 unspecified atom stereocenters. The summed E-state index contributed by atoms with van der Waals surface area (Å²) in [4.78, 5) is 2.37. The smallest absolute Gasteiger partial charge is 0.0619 e. The topological polar surface area (TPSA) is 8.17 Å². The molecule has 0 saturated carbocycles. The summed E-state index contributed by atoms with van der Waals surface area (Å²) in [7, 11) is 0. The highest BCUT2D eigenvalue weighted by Gasteiger charge is 2.19. The minimum absolute atomic E-state index is 1.08. The fourth-order valence-corrected chi connectivity index (χ4v) is 7.96. The van der Waals surface area contributed by atoms with E-state index < -0.39 is 0 Å². The van der Waals surface area contributed by atoms with E-state index in [-0.39, 0.29) is 0 Å². The fraction of sp³-hybridized carbons (Fsp3) is 0. The van der Waals surface area contributed by atoms with E-state index in [0.717, 1.165) is 22.7 Å². The van der Waals surface area contributed by atoms with E-state index >= 15 is 0 Å². The second kappa shape index (κ2) is 13.4. The molecule has 254 valence electrons. The monoisotopic (exact) mass is 688 g/mol. The summed E-state index contributed by atoms with van der Waals surface area (Å²) in [5.74, 6) is 0. The Morgan fingerprint density at radius 1 is 0.315 bits per heavy atom. The second-order valence-electron chi connectivity index (χ2n) is 13.8. The fourth-order valence-electron chi connectivity index (χ4n) is 7.96. The zero-order valence-electron chi connectivity index (χ0n) is 29.7. The van der Waals surface area contributed by atoms with Gasteiger partial charge in [0.05, 0.1) is 11.0 Å². The molecule has 0 bridgehead atoms. The first kappa shape index (κ1) is 31.6. The van der Waals surface area contributed by atoms with Crippen molar-refractivity contribution in [3.63, 3.8) is 0 Å².